The summed E-state index contributed by atoms with van der Waals surface area (Å²) in [6.07, 6.45) is -5.18. The van der Waals surface area contributed by atoms with Crippen LogP contribution in [0.4, 0.5) is 13.2 Å². The minimum absolute atomic E-state index is 0.0134. The van der Waals surface area contributed by atoms with Crippen molar-refractivity contribution in [1.82, 2.24) is 16.0 Å². The number of carbonyl (C=O) groups is 4. The summed E-state index contributed by atoms with van der Waals surface area (Å²) in [5, 5.41) is 7.13. The van der Waals surface area contributed by atoms with Gasteiger partial charge in [-0.2, -0.15) is 13.2 Å². The summed E-state index contributed by atoms with van der Waals surface area (Å²) in [6, 6.07) is 8.54. The molecule has 0 radical (unpaired) electrons. The lowest BCUT2D eigenvalue weighted by Gasteiger charge is -2.26. The van der Waals surface area contributed by atoms with Crippen molar-refractivity contribution in [3.05, 3.63) is 65.2 Å². The molecule has 0 heterocycles. The van der Waals surface area contributed by atoms with Crippen molar-refractivity contribution >= 4 is 23.5 Å². The maximum atomic E-state index is 13.1. The van der Waals surface area contributed by atoms with E-state index in [0.717, 1.165) is 5.56 Å². The third kappa shape index (κ3) is 9.10. The maximum absolute atomic E-state index is 13.1. The number of carbonyl (C=O) groups excluding carboxylic acids is 4. The van der Waals surface area contributed by atoms with Crippen LogP contribution in [0.2, 0.25) is 0 Å². The highest BCUT2D eigenvalue weighted by atomic mass is 19.4. The topological polar surface area (TPSA) is 140 Å². The molecule has 212 valence electrons. The standard InChI is InChI=1S/C27H33F3N4O5/c1-15(2)22(24(36)27(28,29)30)33-26(38)23(19-9-11-20(39-4)12-10-19)34-25(37)16(3)32-21(35)13-17-5-7-18(14-31)8-6-17/h5-12,15-16,22-23H,13-14,31H2,1-4H3,(H,32,35)(H,33,38)(H,34,37)/t16-,22-,23-/m0/s1. The van der Waals surface area contributed by atoms with E-state index in [-0.39, 0.29) is 12.0 Å². The zero-order valence-electron chi connectivity index (χ0n) is 22.1. The van der Waals surface area contributed by atoms with Crippen LogP contribution in [-0.2, 0) is 32.1 Å². The second kappa shape index (κ2) is 13.7. The van der Waals surface area contributed by atoms with Crippen LogP contribution >= 0.6 is 0 Å². The molecule has 0 fully saturated rings. The molecule has 9 nitrogen and oxygen atoms in total. The molecule has 39 heavy (non-hydrogen) atoms. The Morgan fingerprint density at radius 1 is 0.846 bits per heavy atom. The van der Waals surface area contributed by atoms with Gasteiger partial charge in [-0.25, -0.2) is 0 Å². The van der Waals surface area contributed by atoms with E-state index in [0.29, 0.717) is 17.9 Å². The monoisotopic (exact) mass is 550 g/mol. The summed E-state index contributed by atoms with van der Waals surface area (Å²) < 4.78 is 44.4. The average Bonchev–Trinajstić information content (AvgIpc) is 2.89. The Morgan fingerprint density at radius 2 is 1.41 bits per heavy atom. The van der Waals surface area contributed by atoms with E-state index in [1.165, 1.54) is 52.1 Å². The molecule has 0 saturated carbocycles. The van der Waals surface area contributed by atoms with Crippen molar-refractivity contribution in [2.75, 3.05) is 7.11 Å². The van der Waals surface area contributed by atoms with Crippen LogP contribution in [0.5, 0.6) is 5.75 Å². The summed E-state index contributed by atoms with van der Waals surface area (Å²) in [7, 11) is 1.42. The molecular formula is C27H33F3N4O5. The molecule has 0 unspecified atom stereocenters. The first-order chi connectivity index (χ1) is 18.3. The summed E-state index contributed by atoms with van der Waals surface area (Å²) in [6.45, 7) is 4.47. The van der Waals surface area contributed by atoms with Gasteiger partial charge in [0.1, 0.15) is 17.8 Å². The van der Waals surface area contributed by atoms with Crippen molar-refractivity contribution in [3.63, 3.8) is 0 Å². The third-order valence-electron chi connectivity index (χ3n) is 5.92. The smallest absolute Gasteiger partial charge is 0.452 e. The van der Waals surface area contributed by atoms with Crippen molar-refractivity contribution in [3.8, 4) is 5.75 Å². The Labute approximate surface area is 224 Å². The first kappa shape index (κ1) is 31.3. The predicted molar refractivity (Wildman–Crippen MR) is 137 cm³/mol. The number of alkyl halides is 3. The molecule has 0 spiro atoms. The molecule has 0 aliphatic carbocycles. The number of halogens is 3. The number of hydrogen-bond acceptors (Lipinski definition) is 6. The highest BCUT2D eigenvalue weighted by molar-refractivity contribution is 5.96. The number of ketones is 1. The second-order valence-electron chi connectivity index (χ2n) is 9.29. The summed E-state index contributed by atoms with van der Waals surface area (Å²) in [5.41, 5.74) is 7.38. The first-order valence-electron chi connectivity index (χ1n) is 12.2. The number of rotatable bonds is 12. The molecule has 5 N–H and O–H groups in total. The molecule has 0 saturated heterocycles. The van der Waals surface area contributed by atoms with Gasteiger partial charge in [-0.1, -0.05) is 50.2 Å². The van der Waals surface area contributed by atoms with Gasteiger partial charge in [0.2, 0.25) is 17.7 Å². The van der Waals surface area contributed by atoms with Crippen LogP contribution in [0.15, 0.2) is 48.5 Å². The fourth-order valence-corrected chi connectivity index (χ4v) is 3.65. The van der Waals surface area contributed by atoms with Crippen LogP contribution in [0.3, 0.4) is 0 Å². The molecular weight excluding hydrogens is 517 g/mol. The van der Waals surface area contributed by atoms with E-state index < -0.39 is 53.7 Å². The van der Waals surface area contributed by atoms with E-state index >= 15 is 0 Å². The van der Waals surface area contributed by atoms with E-state index in [9.17, 15) is 32.3 Å². The van der Waals surface area contributed by atoms with E-state index in [1.807, 2.05) is 0 Å². The average molecular weight is 551 g/mol. The van der Waals surface area contributed by atoms with Crippen molar-refractivity contribution in [1.29, 1.82) is 0 Å². The van der Waals surface area contributed by atoms with E-state index in [4.69, 9.17) is 10.5 Å². The number of ether oxygens (including phenoxy) is 1. The lowest BCUT2D eigenvalue weighted by Crippen LogP contribution is -2.54. The SMILES string of the molecule is COc1ccc([C@H](NC(=O)[C@H](C)NC(=O)Cc2ccc(CN)cc2)C(=O)N[C@H](C(=O)C(F)(F)F)C(C)C)cc1. The fraction of sp³-hybridized carbons (Fsp3) is 0.407. The summed E-state index contributed by atoms with van der Waals surface area (Å²) in [4.78, 5) is 50.5. The Balaban J connectivity index is 2.20. The molecule has 2 aromatic carbocycles. The van der Waals surface area contributed by atoms with Gasteiger partial charge in [0, 0.05) is 6.54 Å². The molecule has 0 aliphatic rings. The maximum Gasteiger partial charge on any atom is 0.452 e. The summed E-state index contributed by atoms with van der Waals surface area (Å²) in [5.74, 6) is -4.79. The van der Waals surface area contributed by atoms with Crippen molar-refractivity contribution in [2.45, 2.75) is 58.0 Å². The lowest BCUT2D eigenvalue weighted by atomic mass is 9.97. The zero-order chi connectivity index (χ0) is 29.3. The zero-order valence-corrected chi connectivity index (χ0v) is 22.1. The Morgan fingerprint density at radius 3 is 1.90 bits per heavy atom. The number of hydrogen-bond donors (Lipinski definition) is 4. The Kier molecular flexibility index (Phi) is 11.0. The van der Waals surface area contributed by atoms with Crippen LogP contribution in [0.1, 0.15) is 43.5 Å². The van der Waals surface area contributed by atoms with Gasteiger partial charge in [-0.05, 0) is 41.7 Å². The van der Waals surface area contributed by atoms with Crippen molar-refractivity contribution in [2.24, 2.45) is 11.7 Å². The van der Waals surface area contributed by atoms with Gasteiger partial charge in [-0.15, -0.1) is 0 Å². The number of amides is 3. The predicted octanol–water partition coefficient (Wildman–Crippen LogP) is 2.33. The number of nitrogens with two attached hydrogens (primary N) is 1. The fourth-order valence-electron chi connectivity index (χ4n) is 3.65. The van der Waals surface area contributed by atoms with Crippen molar-refractivity contribution < 1.29 is 37.1 Å². The van der Waals surface area contributed by atoms with Crippen LogP contribution in [-0.4, -0.2) is 48.9 Å². The highest BCUT2D eigenvalue weighted by Crippen LogP contribution is 2.23. The number of benzene rings is 2. The molecule has 0 aliphatic heterocycles. The summed E-state index contributed by atoms with van der Waals surface area (Å²) >= 11 is 0. The molecule has 2 rings (SSSR count). The molecule has 12 heteroatoms. The minimum Gasteiger partial charge on any atom is -0.497 e. The number of methoxy groups -OCH3 is 1. The second-order valence-corrected chi connectivity index (χ2v) is 9.29. The Bertz CT molecular complexity index is 1150. The molecule has 0 aromatic heterocycles. The van der Waals surface area contributed by atoms with Gasteiger partial charge in [0.05, 0.1) is 19.6 Å². The quantitative estimate of drug-likeness (QED) is 0.320. The van der Waals surface area contributed by atoms with Gasteiger partial charge in [-0.3, -0.25) is 19.2 Å². The van der Waals surface area contributed by atoms with E-state index in [1.54, 1.807) is 24.3 Å². The largest absolute Gasteiger partial charge is 0.497 e. The molecule has 2 aromatic rings. The Hall–Kier alpha value is -3.93. The highest BCUT2D eigenvalue weighted by Gasteiger charge is 2.45. The van der Waals surface area contributed by atoms with Gasteiger partial charge in [0.15, 0.2) is 0 Å². The van der Waals surface area contributed by atoms with Gasteiger partial charge < -0.3 is 26.4 Å². The van der Waals surface area contributed by atoms with Crippen LogP contribution < -0.4 is 26.4 Å². The number of Topliss-reactive ketones (excluding diaryl/α,β-unsaturated/α-hetero) is 1. The van der Waals surface area contributed by atoms with Gasteiger partial charge >= 0.3 is 6.18 Å². The van der Waals surface area contributed by atoms with E-state index in [2.05, 4.69) is 16.0 Å². The molecule has 3 amide bonds. The van der Waals surface area contributed by atoms with Gasteiger partial charge in [0.25, 0.3) is 5.78 Å². The lowest BCUT2D eigenvalue weighted by molar-refractivity contribution is -0.175. The molecule has 3 atom stereocenters. The number of nitrogens with one attached hydrogen (secondary N) is 3. The normalized spacial score (nSPS) is 13.7. The van der Waals surface area contributed by atoms with Crippen LogP contribution in [0.25, 0.3) is 0 Å². The van der Waals surface area contributed by atoms with Crippen LogP contribution in [0, 0.1) is 5.92 Å². The first-order valence-corrected chi connectivity index (χ1v) is 12.2. The minimum atomic E-state index is -5.16. The third-order valence-corrected chi connectivity index (χ3v) is 5.92. The molecule has 0 bridgehead atoms.